The molecule has 1 aliphatic rings. The molecule has 0 radical (unpaired) electrons. The summed E-state index contributed by atoms with van der Waals surface area (Å²) in [5.74, 6) is 0.817. The number of methoxy groups -OCH3 is 1. The minimum atomic E-state index is -0.242. The smallest absolute Gasteiger partial charge is 0.289 e. The van der Waals surface area contributed by atoms with E-state index in [1.54, 1.807) is 19.4 Å². The van der Waals surface area contributed by atoms with Gasteiger partial charge in [0.1, 0.15) is 11.4 Å². The molecule has 1 aromatic carbocycles. The summed E-state index contributed by atoms with van der Waals surface area (Å²) in [5, 5.41) is 11.5. The van der Waals surface area contributed by atoms with Crippen molar-refractivity contribution in [3.63, 3.8) is 0 Å². The molecule has 1 amide bonds. The van der Waals surface area contributed by atoms with Crippen LogP contribution in [0.1, 0.15) is 54.4 Å². The lowest BCUT2D eigenvalue weighted by molar-refractivity contribution is 0.0906. The molecular formula is C23H28N4O3. The third-order valence-corrected chi connectivity index (χ3v) is 6.26. The van der Waals surface area contributed by atoms with Crippen LogP contribution < -0.4 is 10.1 Å². The number of carbonyl (C=O) groups is 1. The number of hydrogen-bond donors (Lipinski definition) is 1. The molecule has 2 heterocycles. The van der Waals surface area contributed by atoms with E-state index in [1.807, 2.05) is 30.7 Å². The standard InChI is InChI=1S/C23H28N4O3/c1-4-27-16(2)19(14-25-27)20-13-21(30-26-20)22(28)24-15-23(11-5-6-12-23)17-7-9-18(29-3)10-8-17/h7-10,13-14H,4-6,11-12,15H2,1-3H3,(H,24,28). The Hall–Kier alpha value is -3.09. The maximum absolute atomic E-state index is 12.8. The minimum Gasteiger partial charge on any atom is -0.497 e. The van der Waals surface area contributed by atoms with Gasteiger partial charge in [-0.3, -0.25) is 9.48 Å². The van der Waals surface area contributed by atoms with E-state index in [-0.39, 0.29) is 17.1 Å². The maximum atomic E-state index is 12.8. The van der Waals surface area contributed by atoms with Crippen molar-refractivity contribution in [2.24, 2.45) is 0 Å². The van der Waals surface area contributed by atoms with Crippen LogP contribution in [0.25, 0.3) is 11.3 Å². The second-order valence-corrected chi connectivity index (χ2v) is 7.93. The normalized spacial score (nSPS) is 15.3. The number of nitrogens with one attached hydrogen (secondary N) is 1. The highest BCUT2D eigenvalue weighted by atomic mass is 16.5. The van der Waals surface area contributed by atoms with Crippen LogP contribution >= 0.6 is 0 Å². The number of ether oxygens (including phenoxy) is 1. The molecule has 0 atom stereocenters. The Morgan fingerprint density at radius 2 is 2.00 bits per heavy atom. The fourth-order valence-electron chi connectivity index (χ4n) is 4.43. The molecule has 30 heavy (non-hydrogen) atoms. The van der Waals surface area contributed by atoms with E-state index in [2.05, 4.69) is 27.7 Å². The van der Waals surface area contributed by atoms with Crippen LogP contribution in [0.3, 0.4) is 0 Å². The maximum Gasteiger partial charge on any atom is 0.289 e. The van der Waals surface area contributed by atoms with Gasteiger partial charge < -0.3 is 14.6 Å². The lowest BCUT2D eigenvalue weighted by atomic mass is 9.78. The molecule has 0 spiro atoms. The van der Waals surface area contributed by atoms with E-state index in [9.17, 15) is 4.79 Å². The van der Waals surface area contributed by atoms with Crippen LogP contribution in [0.4, 0.5) is 0 Å². The van der Waals surface area contributed by atoms with Crippen molar-refractivity contribution in [2.45, 2.75) is 51.5 Å². The Balaban J connectivity index is 1.48. The van der Waals surface area contributed by atoms with Gasteiger partial charge in [0, 0.05) is 35.8 Å². The lowest BCUT2D eigenvalue weighted by Gasteiger charge is -2.30. The molecule has 0 saturated heterocycles. The van der Waals surface area contributed by atoms with E-state index in [4.69, 9.17) is 9.26 Å². The second-order valence-electron chi connectivity index (χ2n) is 7.93. The Morgan fingerprint density at radius 1 is 1.27 bits per heavy atom. The van der Waals surface area contributed by atoms with Gasteiger partial charge in [0.2, 0.25) is 5.76 Å². The largest absolute Gasteiger partial charge is 0.497 e. The highest BCUT2D eigenvalue weighted by Crippen LogP contribution is 2.41. The first kappa shape index (κ1) is 20.2. The van der Waals surface area contributed by atoms with E-state index in [0.29, 0.717) is 12.2 Å². The van der Waals surface area contributed by atoms with Crippen molar-refractivity contribution in [1.82, 2.24) is 20.3 Å². The summed E-state index contributed by atoms with van der Waals surface area (Å²) in [4.78, 5) is 12.8. The summed E-state index contributed by atoms with van der Waals surface area (Å²) in [6, 6.07) is 9.87. The lowest BCUT2D eigenvalue weighted by Crippen LogP contribution is -2.38. The van der Waals surface area contributed by atoms with Crippen LogP contribution in [0.15, 0.2) is 41.1 Å². The Morgan fingerprint density at radius 3 is 2.63 bits per heavy atom. The van der Waals surface area contributed by atoms with Gasteiger partial charge >= 0.3 is 0 Å². The van der Waals surface area contributed by atoms with Gasteiger partial charge in [-0.1, -0.05) is 30.1 Å². The highest BCUT2D eigenvalue weighted by Gasteiger charge is 2.36. The number of amides is 1. The molecule has 1 N–H and O–H groups in total. The molecule has 158 valence electrons. The van der Waals surface area contributed by atoms with Gasteiger partial charge in [-0.15, -0.1) is 0 Å². The molecule has 0 aliphatic heterocycles. The fraction of sp³-hybridized carbons (Fsp3) is 0.435. The predicted octanol–water partition coefficient (Wildman–Crippen LogP) is 4.12. The predicted molar refractivity (Wildman–Crippen MR) is 114 cm³/mol. The summed E-state index contributed by atoms with van der Waals surface area (Å²) in [6.07, 6.45) is 6.19. The number of benzene rings is 1. The molecule has 0 bridgehead atoms. The molecule has 1 saturated carbocycles. The molecule has 4 rings (SSSR count). The Labute approximate surface area is 176 Å². The monoisotopic (exact) mass is 408 g/mol. The van der Waals surface area contributed by atoms with Crippen molar-refractivity contribution < 1.29 is 14.1 Å². The summed E-state index contributed by atoms with van der Waals surface area (Å²) >= 11 is 0. The minimum absolute atomic E-state index is 0.0519. The van der Waals surface area contributed by atoms with Gasteiger partial charge in [0.25, 0.3) is 5.91 Å². The van der Waals surface area contributed by atoms with Crippen molar-refractivity contribution in [1.29, 1.82) is 0 Å². The topological polar surface area (TPSA) is 82.2 Å². The van der Waals surface area contributed by atoms with Gasteiger partial charge in [-0.2, -0.15) is 5.10 Å². The van der Waals surface area contributed by atoms with Crippen LogP contribution in [0.5, 0.6) is 5.75 Å². The Bertz CT molecular complexity index is 1010. The van der Waals surface area contributed by atoms with Crippen LogP contribution in [-0.2, 0) is 12.0 Å². The van der Waals surface area contributed by atoms with Crippen LogP contribution in [-0.4, -0.2) is 34.5 Å². The molecule has 7 heteroatoms. The second kappa shape index (κ2) is 8.34. The first-order valence-electron chi connectivity index (χ1n) is 10.5. The SMILES string of the molecule is CCn1ncc(-c2cc(C(=O)NCC3(c4ccc(OC)cc4)CCCC3)on2)c1C. The van der Waals surface area contributed by atoms with Crippen molar-refractivity contribution in [3.8, 4) is 17.0 Å². The highest BCUT2D eigenvalue weighted by molar-refractivity contribution is 5.92. The zero-order valence-corrected chi connectivity index (χ0v) is 17.8. The van der Waals surface area contributed by atoms with Gasteiger partial charge in [-0.05, 0) is 44.4 Å². The third kappa shape index (κ3) is 3.72. The first-order valence-corrected chi connectivity index (χ1v) is 10.5. The van der Waals surface area contributed by atoms with E-state index < -0.39 is 0 Å². The molecule has 3 aromatic rings. The summed E-state index contributed by atoms with van der Waals surface area (Å²) in [7, 11) is 1.67. The number of carbonyl (C=O) groups excluding carboxylic acids is 1. The van der Waals surface area contributed by atoms with Gasteiger partial charge in [0.15, 0.2) is 0 Å². The van der Waals surface area contributed by atoms with Crippen LogP contribution in [0.2, 0.25) is 0 Å². The van der Waals surface area contributed by atoms with Gasteiger partial charge in [0.05, 0.1) is 13.3 Å². The van der Waals surface area contributed by atoms with E-state index in [0.717, 1.165) is 49.2 Å². The summed E-state index contributed by atoms with van der Waals surface area (Å²) < 4.78 is 12.5. The number of nitrogens with zero attached hydrogens (tertiary/aromatic N) is 3. The Kier molecular flexibility index (Phi) is 5.61. The summed E-state index contributed by atoms with van der Waals surface area (Å²) in [5.41, 5.74) is 3.70. The van der Waals surface area contributed by atoms with Crippen molar-refractivity contribution >= 4 is 5.91 Å². The zero-order chi connectivity index (χ0) is 21.1. The average molecular weight is 409 g/mol. The number of aromatic nitrogens is 3. The molecule has 2 aromatic heterocycles. The van der Waals surface area contributed by atoms with Crippen LogP contribution in [0, 0.1) is 6.92 Å². The number of rotatable bonds is 7. The quantitative estimate of drug-likeness (QED) is 0.636. The fourth-order valence-corrected chi connectivity index (χ4v) is 4.43. The number of hydrogen-bond acceptors (Lipinski definition) is 5. The average Bonchev–Trinajstić information content (AvgIpc) is 3.52. The zero-order valence-electron chi connectivity index (χ0n) is 17.8. The van der Waals surface area contributed by atoms with Crippen molar-refractivity contribution in [2.75, 3.05) is 13.7 Å². The first-order chi connectivity index (χ1) is 14.6. The van der Waals surface area contributed by atoms with E-state index >= 15 is 0 Å². The molecule has 0 unspecified atom stereocenters. The van der Waals surface area contributed by atoms with E-state index in [1.165, 1.54) is 5.56 Å². The van der Waals surface area contributed by atoms with Crippen molar-refractivity contribution in [3.05, 3.63) is 53.5 Å². The van der Waals surface area contributed by atoms with Gasteiger partial charge in [-0.25, -0.2) is 0 Å². The summed E-state index contributed by atoms with van der Waals surface area (Å²) in [6.45, 7) is 5.37. The molecular weight excluding hydrogens is 380 g/mol. The molecule has 7 nitrogen and oxygen atoms in total. The molecule has 1 fully saturated rings. The number of aryl methyl sites for hydroxylation is 1. The molecule has 1 aliphatic carbocycles. The third-order valence-electron chi connectivity index (χ3n) is 6.26.